The van der Waals surface area contributed by atoms with Crippen LogP contribution in [0.25, 0.3) is 0 Å². The average molecular weight is 313 g/mol. The number of hydrogen-bond donors (Lipinski definition) is 2. The normalized spacial score (nSPS) is 13.3. The van der Waals surface area contributed by atoms with E-state index in [2.05, 4.69) is 18.6 Å². The zero-order chi connectivity index (χ0) is 15.7. The predicted molar refractivity (Wildman–Crippen MR) is 85.7 cm³/mol. The van der Waals surface area contributed by atoms with E-state index < -0.39 is 10.0 Å². The SMILES string of the molecule is CCCc1ccc(S(=O)(=O)NCC(CCC)CCO)cc1. The summed E-state index contributed by atoms with van der Waals surface area (Å²) in [5.74, 6) is 0.189. The summed E-state index contributed by atoms with van der Waals surface area (Å²) in [6, 6.07) is 7.06. The van der Waals surface area contributed by atoms with Gasteiger partial charge in [-0.1, -0.05) is 38.8 Å². The Balaban J connectivity index is 2.67. The predicted octanol–water partition coefficient (Wildman–Crippen LogP) is 2.72. The smallest absolute Gasteiger partial charge is 0.240 e. The number of nitrogens with one attached hydrogen (secondary N) is 1. The summed E-state index contributed by atoms with van der Waals surface area (Å²) in [4.78, 5) is 0.307. The van der Waals surface area contributed by atoms with Crippen LogP contribution in [-0.2, 0) is 16.4 Å². The fourth-order valence-electron chi connectivity index (χ4n) is 2.37. The number of aliphatic hydroxyl groups excluding tert-OH is 1. The van der Waals surface area contributed by atoms with Crippen LogP contribution in [0.5, 0.6) is 0 Å². The van der Waals surface area contributed by atoms with E-state index in [1.54, 1.807) is 12.1 Å². The Kier molecular flexibility index (Phi) is 7.93. The van der Waals surface area contributed by atoms with E-state index in [0.29, 0.717) is 17.9 Å². The van der Waals surface area contributed by atoms with Gasteiger partial charge in [0.25, 0.3) is 0 Å². The lowest BCUT2D eigenvalue weighted by atomic mass is 10.0. The molecule has 0 aromatic heterocycles. The molecule has 0 aliphatic rings. The van der Waals surface area contributed by atoms with Crippen LogP contribution < -0.4 is 4.72 Å². The highest BCUT2D eigenvalue weighted by Crippen LogP contribution is 2.14. The summed E-state index contributed by atoms with van der Waals surface area (Å²) in [5.41, 5.74) is 1.15. The zero-order valence-electron chi connectivity index (χ0n) is 13.0. The minimum Gasteiger partial charge on any atom is -0.396 e. The van der Waals surface area contributed by atoms with Crippen molar-refractivity contribution in [1.29, 1.82) is 0 Å². The van der Waals surface area contributed by atoms with Gasteiger partial charge >= 0.3 is 0 Å². The van der Waals surface area contributed by atoms with Crippen molar-refractivity contribution in [2.75, 3.05) is 13.2 Å². The van der Waals surface area contributed by atoms with Crippen LogP contribution in [0.2, 0.25) is 0 Å². The first-order valence-corrected chi connectivity index (χ1v) is 9.21. The van der Waals surface area contributed by atoms with Crippen LogP contribution >= 0.6 is 0 Å². The van der Waals surface area contributed by atoms with E-state index >= 15 is 0 Å². The van der Waals surface area contributed by atoms with E-state index in [-0.39, 0.29) is 12.5 Å². The molecule has 1 unspecified atom stereocenters. The molecule has 0 radical (unpaired) electrons. The van der Waals surface area contributed by atoms with Gasteiger partial charge in [0, 0.05) is 13.2 Å². The Morgan fingerprint density at radius 2 is 1.76 bits per heavy atom. The molecule has 1 aromatic rings. The highest BCUT2D eigenvalue weighted by atomic mass is 32.2. The maximum Gasteiger partial charge on any atom is 0.240 e. The van der Waals surface area contributed by atoms with Gasteiger partial charge in [0.1, 0.15) is 0 Å². The first kappa shape index (κ1) is 18.1. The Morgan fingerprint density at radius 3 is 2.29 bits per heavy atom. The van der Waals surface area contributed by atoms with Crippen LogP contribution in [0.4, 0.5) is 0 Å². The van der Waals surface area contributed by atoms with Crippen LogP contribution in [0.1, 0.15) is 45.1 Å². The van der Waals surface area contributed by atoms with E-state index in [1.165, 1.54) is 0 Å². The molecule has 1 atom stereocenters. The van der Waals surface area contributed by atoms with Gasteiger partial charge in [-0.2, -0.15) is 0 Å². The van der Waals surface area contributed by atoms with Gasteiger partial charge < -0.3 is 5.11 Å². The minimum absolute atomic E-state index is 0.0953. The van der Waals surface area contributed by atoms with Gasteiger partial charge in [0.05, 0.1) is 4.90 Å². The molecule has 0 heterocycles. The third kappa shape index (κ3) is 6.16. The topological polar surface area (TPSA) is 66.4 Å². The Bertz CT molecular complexity index is 491. The molecule has 0 spiro atoms. The highest BCUT2D eigenvalue weighted by Gasteiger charge is 2.16. The number of rotatable bonds is 10. The van der Waals surface area contributed by atoms with Crippen molar-refractivity contribution < 1.29 is 13.5 Å². The molecule has 2 N–H and O–H groups in total. The van der Waals surface area contributed by atoms with Crippen molar-refractivity contribution in [2.45, 2.75) is 50.8 Å². The lowest BCUT2D eigenvalue weighted by Gasteiger charge is -2.16. The number of sulfonamides is 1. The second kappa shape index (κ2) is 9.18. The molecule has 0 aliphatic heterocycles. The molecule has 1 aromatic carbocycles. The van der Waals surface area contributed by atoms with E-state index in [4.69, 9.17) is 5.11 Å². The van der Waals surface area contributed by atoms with Gasteiger partial charge in [-0.15, -0.1) is 0 Å². The third-order valence-corrected chi connectivity index (χ3v) is 5.01. The molecular weight excluding hydrogens is 286 g/mol. The summed E-state index contributed by atoms with van der Waals surface area (Å²) in [5, 5.41) is 9.01. The zero-order valence-corrected chi connectivity index (χ0v) is 13.8. The largest absolute Gasteiger partial charge is 0.396 e. The average Bonchev–Trinajstić information content (AvgIpc) is 2.46. The number of aryl methyl sites for hydroxylation is 1. The molecule has 0 saturated heterocycles. The third-order valence-electron chi connectivity index (χ3n) is 3.57. The van der Waals surface area contributed by atoms with Crippen LogP contribution in [-0.4, -0.2) is 26.7 Å². The van der Waals surface area contributed by atoms with Crippen molar-refractivity contribution in [3.8, 4) is 0 Å². The van der Waals surface area contributed by atoms with Gasteiger partial charge in [-0.3, -0.25) is 0 Å². The van der Waals surface area contributed by atoms with Gasteiger partial charge in [0.15, 0.2) is 0 Å². The molecule has 0 bridgehead atoms. The fourth-order valence-corrected chi connectivity index (χ4v) is 3.49. The quantitative estimate of drug-likeness (QED) is 0.698. The summed E-state index contributed by atoms with van der Waals surface area (Å²) in [6.45, 7) is 4.64. The number of aliphatic hydroxyl groups is 1. The van der Waals surface area contributed by atoms with Crippen molar-refractivity contribution in [3.05, 3.63) is 29.8 Å². The maximum atomic E-state index is 12.2. The number of benzene rings is 1. The van der Waals surface area contributed by atoms with E-state index in [1.807, 2.05) is 12.1 Å². The first-order valence-electron chi connectivity index (χ1n) is 7.73. The summed E-state index contributed by atoms with van der Waals surface area (Å²) < 4.78 is 27.1. The molecule has 1 rings (SSSR count). The molecule has 0 amide bonds. The first-order chi connectivity index (χ1) is 10.0. The van der Waals surface area contributed by atoms with Crippen molar-refractivity contribution >= 4 is 10.0 Å². The second-order valence-corrected chi connectivity index (χ2v) is 7.18. The molecule has 5 heteroatoms. The Hall–Kier alpha value is -0.910. The highest BCUT2D eigenvalue weighted by molar-refractivity contribution is 7.89. The van der Waals surface area contributed by atoms with Gasteiger partial charge in [-0.05, 0) is 42.9 Å². The molecule has 4 nitrogen and oxygen atoms in total. The van der Waals surface area contributed by atoms with Crippen LogP contribution in [0.15, 0.2) is 29.2 Å². The summed E-state index contributed by atoms with van der Waals surface area (Å²) in [7, 11) is -3.46. The fraction of sp³-hybridized carbons (Fsp3) is 0.625. The molecule has 0 saturated carbocycles. The molecule has 0 aliphatic carbocycles. The van der Waals surface area contributed by atoms with E-state index in [9.17, 15) is 8.42 Å². The van der Waals surface area contributed by atoms with E-state index in [0.717, 1.165) is 31.2 Å². The van der Waals surface area contributed by atoms with Crippen LogP contribution in [0, 0.1) is 5.92 Å². The monoisotopic (exact) mass is 313 g/mol. The minimum atomic E-state index is -3.46. The molecule has 0 fully saturated rings. The standard InChI is InChI=1S/C16H27NO3S/c1-3-5-14-7-9-16(10-8-14)21(19,20)17-13-15(6-4-2)11-12-18/h7-10,15,17-18H,3-6,11-13H2,1-2H3. The van der Waals surface area contributed by atoms with Crippen molar-refractivity contribution in [2.24, 2.45) is 5.92 Å². The maximum absolute atomic E-state index is 12.2. The summed E-state index contributed by atoms with van der Waals surface area (Å²) in [6.07, 6.45) is 4.54. The second-order valence-electron chi connectivity index (χ2n) is 5.41. The van der Waals surface area contributed by atoms with Gasteiger partial charge in [0.2, 0.25) is 10.0 Å². The van der Waals surface area contributed by atoms with Crippen molar-refractivity contribution in [1.82, 2.24) is 4.72 Å². The Labute approximate surface area is 128 Å². The van der Waals surface area contributed by atoms with Gasteiger partial charge in [-0.25, -0.2) is 13.1 Å². The molecule has 21 heavy (non-hydrogen) atoms. The lowest BCUT2D eigenvalue weighted by Crippen LogP contribution is -2.30. The Morgan fingerprint density at radius 1 is 1.10 bits per heavy atom. The number of hydrogen-bond acceptors (Lipinski definition) is 3. The molecular formula is C16H27NO3S. The van der Waals surface area contributed by atoms with Crippen LogP contribution in [0.3, 0.4) is 0 Å². The summed E-state index contributed by atoms with van der Waals surface area (Å²) >= 11 is 0. The lowest BCUT2D eigenvalue weighted by molar-refractivity contribution is 0.251. The van der Waals surface area contributed by atoms with Crippen molar-refractivity contribution in [3.63, 3.8) is 0 Å². The molecule has 120 valence electrons.